The summed E-state index contributed by atoms with van der Waals surface area (Å²) >= 11 is 1.62. The summed E-state index contributed by atoms with van der Waals surface area (Å²) < 4.78 is 2.24. The number of hydrogen-bond acceptors (Lipinski definition) is 4. The minimum Gasteiger partial charge on any atom is -0.325 e. The molecule has 0 radical (unpaired) electrons. The molecule has 1 aromatic heterocycles. The fraction of sp³-hybridized carbons (Fsp3) is 0.318. The number of aromatic nitrogens is 3. The van der Waals surface area contributed by atoms with Crippen molar-refractivity contribution in [3.63, 3.8) is 0 Å². The van der Waals surface area contributed by atoms with Crippen molar-refractivity contribution >= 4 is 23.4 Å². The van der Waals surface area contributed by atoms with E-state index in [1.807, 2.05) is 42.5 Å². The van der Waals surface area contributed by atoms with Crippen LogP contribution in [-0.2, 0) is 23.5 Å². The number of anilines is 1. The number of benzene rings is 2. The summed E-state index contributed by atoms with van der Waals surface area (Å²) in [7, 11) is 0. The molecule has 3 aromatic rings. The van der Waals surface area contributed by atoms with Gasteiger partial charge in [0.25, 0.3) is 0 Å². The fourth-order valence-corrected chi connectivity index (χ4v) is 4.22. The molecule has 0 unspecified atom stereocenters. The Labute approximate surface area is 169 Å². The van der Waals surface area contributed by atoms with Gasteiger partial charge >= 0.3 is 0 Å². The summed E-state index contributed by atoms with van der Waals surface area (Å²) in [4.78, 5) is 12.2. The van der Waals surface area contributed by atoms with Crippen LogP contribution in [-0.4, -0.2) is 26.4 Å². The van der Waals surface area contributed by atoms with E-state index in [4.69, 9.17) is 0 Å². The van der Waals surface area contributed by atoms with Crippen molar-refractivity contribution in [3.05, 3.63) is 66.0 Å². The second kappa shape index (κ2) is 9.06. The van der Waals surface area contributed by atoms with Crippen molar-refractivity contribution < 1.29 is 4.79 Å². The van der Waals surface area contributed by atoms with Crippen molar-refractivity contribution in [3.8, 4) is 11.4 Å². The minimum absolute atomic E-state index is 0.0185. The highest BCUT2D eigenvalue weighted by molar-refractivity contribution is 7.99. The van der Waals surface area contributed by atoms with Crippen molar-refractivity contribution in [1.29, 1.82) is 0 Å². The van der Waals surface area contributed by atoms with Gasteiger partial charge in [0.1, 0.15) is 5.82 Å². The second-order valence-electron chi connectivity index (χ2n) is 7.01. The molecule has 2 heterocycles. The third kappa shape index (κ3) is 4.62. The molecule has 5 nitrogen and oxygen atoms in total. The summed E-state index contributed by atoms with van der Waals surface area (Å²) in [6, 6.07) is 18.1. The van der Waals surface area contributed by atoms with E-state index in [-0.39, 0.29) is 5.91 Å². The largest absolute Gasteiger partial charge is 0.325 e. The zero-order valence-electron chi connectivity index (χ0n) is 15.8. The van der Waals surface area contributed by atoms with E-state index in [0.29, 0.717) is 5.75 Å². The van der Waals surface area contributed by atoms with Gasteiger partial charge in [-0.25, -0.2) is 0 Å². The molecule has 28 heavy (non-hydrogen) atoms. The Kier molecular flexibility index (Phi) is 6.07. The molecule has 1 aliphatic rings. The quantitative estimate of drug-likeness (QED) is 0.669. The standard InChI is InChI=1S/C22H24N4OS/c27-21(16-28-15-17-7-3-1-4-8-17)23-19-12-10-18(11-13-19)22-25-24-20-9-5-2-6-14-26(20)22/h1,3-4,7-8,10-13H,2,5-6,9,14-16H2,(H,23,27). The Bertz CT molecular complexity index is 921. The van der Waals surface area contributed by atoms with Crippen LogP contribution in [0.15, 0.2) is 54.6 Å². The number of amides is 1. The smallest absolute Gasteiger partial charge is 0.234 e. The van der Waals surface area contributed by atoms with Gasteiger partial charge in [-0.2, -0.15) is 0 Å². The second-order valence-corrected chi connectivity index (χ2v) is 7.99. The van der Waals surface area contributed by atoms with Gasteiger partial charge in [-0.15, -0.1) is 22.0 Å². The summed E-state index contributed by atoms with van der Waals surface area (Å²) in [6.07, 6.45) is 4.61. The molecule has 1 amide bonds. The van der Waals surface area contributed by atoms with Gasteiger partial charge in [0.05, 0.1) is 5.75 Å². The van der Waals surface area contributed by atoms with Crippen molar-refractivity contribution in [2.45, 2.75) is 38.0 Å². The molecule has 0 bridgehead atoms. The predicted molar refractivity (Wildman–Crippen MR) is 114 cm³/mol. The van der Waals surface area contributed by atoms with Crippen molar-refractivity contribution in [2.24, 2.45) is 0 Å². The van der Waals surface area contributed by atoms with Crippen LogP contribution in [0.5, 0.6) is 0 Å². The monoisotopic (exact) mass is 392 g/mol. The van der Waals surface area contributed by atoms with Crippen LogP contribution < -0.4 is 5.32 Å². The Morgan fingerprint density at radius 1 is 1.00 bits per heavy atom. The molecule has 0 saturated carbocycles. The SMILES string of the molecule is O=C(CSCc1ccccc1)Nc1ccc(-c2nnc3n2CCCCC3)cc1. The third-order valence-corrected chi connectivity index (χ3v) is 5.88. The first-order valence-corrected chi connectivity index (χ1v) is 10.9. The zero-order chi connectivity index (χ0) is 19.2. The number of thioether (sulfide) groups is 1. The maximum atomic E-state index is 12.2. The van der Waals surface area contributed by atoms with Crippen LogP contribution in [0.25, 0.3) is 11.4 Å². The molecule has 1 aliphatic heterocycles. The third-order valence-electron chi connectivity index (χ3n) is 4.88. The number of aryl methyl sites for hydroxylation is 1. The molecular weight excluding hydrogens is 368 g/mol. The highest BCUT2D eigenvalue weighted by Crippen LogP contribution is 2.24. The molecule has 0 atom stereocenters. The van der Waals surface area contributed by atoms with Crippen LogP contribution >= 0.6 is 11.8 Å². The van der Waals surface area contributed by atoms with E-state index < -0.39 is 0 Å². The zero-order valence-corrected chi connectivity index (χ0v) is 16.6. The van der Waals surface area contributed by atoms with Crippen LogP contribution in [0.4, 0.5) is 5.69 Å². The van der Waals surface area contributed by atoms with E-state index in [0.717, 1.165) is 41.6 Å². The van der Waals surface area contributed by atoms with Crippen LogP contribution in [0.2, 0.25) is 0 Å². The lowest BCUT2D eigenvalue weighted by molar-refractivity contribution is -0.113. The first-order valence-electron chi connectivity index (χ1n) is 9.73. The van der Waals surface area contributed by atoms with E-state index in [1.54, 1.807) is 11.8 Å². The molecule has 4 rings (SSSR count). The molecule has 0 saturated heterocycles. The van der Waals surface area contributed by atoms with Crippen molar-refractivity contribution in [2.75, 3.05) is 11.1 Å². The summed E-state index contributed by atoms with van der Waals surface area (Å²) in [5, 5.41) is 11.7. The number of rotatable bonds is 6. The van der Waals surface area contributed by atoms with Crippen LogP contribution in [0, 0.1) is 0 Å². The van der Waals surface area contributed by atoms with Gasteiger partial charge in [-0.1, -0.05) is 36.8 Å². The molecule has 6 heteroatoms. The predicted octanol–water partition coefficient (Wildman–Crippen LogP) is 4.54. The van der Waals surface area contributed by atoms with E-state index in [2.05, 4.69) is 32.2 Å². The van der Waals surface area contributed by atoms with E-state index in [1.165, 1.54) is 24.8 Å². The number of nitrogens with zero attached hydrogens (tertiary/aromatic N) is 3. The lowest BCUT2D eigenvalue weighted by Gasteiger charge is -2.09. The topological polar surface area (TPSA) is 59.8 Å². The molecule has 144 valence electrons. The first kappa shape index (κ1) is 18.7. The Balaban J connectivity index is 1.33. The molecule has 0 aliphatic carbocycles. The minimum atomic E-state index is 0.0185. The highest BCUT2D eigenvalue weighted by atomic mass is 32.2. The van der Waals surface area contributed by atoms with Gasteiger partial charge in [0, 0.05) is 30.0 Å². The lowest BCUT2D eigenvalue weighted by Crippen LogP contribution is -2.14. The molecule has 1 N–H and O–H groups in total. The molecule has 2 aromatic carbocycles. The number of hydrogen-bond donors (Lipinski definition) is 1. The number of fused-ring (bicyclic) bond motifs is 1. The van der Waals surface area contributed by atoms with Gasteiger partial charge in [-0.3, -0.25) is 4.79 Å². The number of carbonyl (C=O) groups excluding carboxylic acids is 1. The molecule has 0 fully saturated rings. The number of nitrogens with one attached hydrogen (secondary N) is 1. The van der Waals surface area contributed by atoms with Gasteiger partial charge in [0.2, 0.25) is 5.91 Å². The summed E-state index contributed by atoms with van der Waals surface area (Å²) in [6.45, 7) is 0.981. The average Bonchev–Trinajstić information content (AvgIpc) is 2.97. The van der Waals surface area contributed by atoms with Gasteiger partial charge in [-0.05, 0) is 42.7 Å². The first-order chi connectivity index (χ1) is 13.8. The van der Waals surface area contributed by atoms with Gasteiger partial charge < -0.3 is 9.88 Å². The van der Waals surface area contributed by atoms with Crippen LogP contribution in [0.3, 0.4) is 0 Å². The molecule has 0 spiro atoms. The number of carbonyl (C=O) groups is 1. The highest BCUT2D eigenvalue weighted by Gasteiger charge is 2.16. The maximum Gasteiger partial charge on any atom is 0.234 e. The maximum absolute atomic E-state index is 12.2. The van der Waals surface area contributed by atoms with Crippen LogP contribution in [0.1, 0.15) is 30.7 Å². The average molecular weight is 393 g/mol. The van der Waals surface area contributed by atoms with E-state index >= 15 is 0 Å². The Morgan fingerprint density at radius 2 is 1.82 bits per heavy atom. The normalized spacial score (nSPS) is 13.6. The summed E-state index contributed by atoms with van der Waals surface area (Å²) in [5.41, 5.74) is 3.08. The summed E-state index contributed by atoms with van der Waals surface area (Å²) in [5.74, 6) is 3.30. The Hall–Kier alpha value is -2.60. The lowest BCUT2D eigenvalue weighted by atomic mass is 10.2. The Morgan fingerprint density at radius 3 is 2.64 bits per heavy atom. The van der Waals surface area contributed by atoms with Gasteiger partial charge in [0.15, 0.2) is 5.82 Å². The fourth-order valence-electron chi connectivity index (χ4n) is 3.43. The van der Waals surface area contributed by atoms with E-state index in [9.17, 15) is 4.79 Å². The molecular formula is C22H24N4OS. The van der Waals surface area contributed by atoms with Crippen molar-refractivity contribution in [1.82, 2.24) is 14.8 Å².